The molecule has 2 heterocycles. The highest BCUT2D eigenvalue weighted by atomic mass is 19.4. The Bertz CT molecular complexity index is 728. The molecule has 2 amide bonds. The van der Waals surface area contributed by atoms with Gasteiger partial charge in [0.25, 0.3) is 0 Å². The van der Waals surface area contributed by atoms with Crippen LogP contribution in [0.1, 0.15) is 49.7 Å². The van der Waals surface area contributed by atoms with Crippen LogP contribution < -0.4 is 21.7 Å². The second kappa shape index (κ2) is 10.9. The van der Waals surface area contributed by atoms with Gasteiger partial charge in [-0.05, 0) is 49.8 Å². The molecule has 1 atom stereocenters. The standard InChI is InChI=1S/C21H30F3N5O2/c22-21(23,24)16-7-4-15(5-8-16)6-9-20(31)29-12-10-17(11-13-29)26-19(30)3-1-2-18-14-25-28-27-18/h4-5,7-8,17-18,25,27-28H,1-3,6,9-14H2,(H,26,30). The van der Waals surface area contributed by atoms with Crippen molar-refractivity contribution in [2.45, 2.75) is 63.2 Å². The fourth-order valence-electron chi connectivity index (χ4n) is 3.90. The molecule has 10 heteroatoms. The summed E-state index contributed by atoms with van der Waals surface area (Å²) in [7, 11) is 0. The largest absolute Gasteiger partial charge is 0.416 e. The number of amides is 2. The second-order valence-corrected chi connectivity index (χ2v) is 8.16. The van der Waals surface area contributed by atoms with Crippen LogP contribution in [0.3, 0.4) is 0 Å². The molecule has 2 aliphatic rings. The van der Waals surface area contributed by atoms with E-state index >= 15 is 0 Å². The molecule has 7 nitrogen and oxygen atoms in total. The molecule has 2 fully saturated rings. The maximum absolute atomic E-state index is 12.6. The van der Waals surface area contributed by atoms with E-state index in [4.69, 9.17) is 0 Å². The van der Waals surface area contributed by atoms with Crippen LogP contribution in [0.4, 0.5) is 13.2 Å². The van der Waals surface area contributed by atoms with Gasteiger partial charge in [-0.2, -0.15) is 18.7 Å². The van der Waals surface area contributed by atoms with E-state index in [9.17, 15) is 22.8 Å². The van der Waals surface area contributed by atoms with Gasteiger partial charge in [0, 0.05) is 44.6 Å². The number of rotatable bonds is 8. The topological polar surface area (TPSA) is 85.5 Å². The molecule has 0 radical (unpaired) electrons. The number of halogens is 3. The fourth-order valence-corrected chi connectivity index (χ4v) is 3.90. The van der Waals surface area contributed by atoms with Gasteiger partial charge in [-0.1, -0.05) is 12.1 Å². The van der Waals surface area contributed by atoms with Gasteiger partial charge in [0.15, 0.2) is 0 Å². The number of likely N-dealkylation sites (tertiary alicyclic amines) is 1. The van der Waals surface area contributed by atoms with Crippen molar-refractivity contribution in [3.05, 3.63) is 35.4 Å². The average Bonchev–Trinajstić information content (AvgIpc) is 3.26. The molecule has 1 aromatic carbocycles. The lowest BCUT2D eigenvalue weighted by molar-refractivity contribution is -0.137. The Kier molecular flexibility index (Phi) is 8.28. The molecular formula is C21H30F3N5O2. The maximum Gasteiger partial charge on any atom is 0.416 e. The SMILES string of the molecule is O=C(CCCC1CNNN1)NC1CCN(C(=O)CCc2ccc(C(F)(F)F)cc2)CC1. The normalized spacial score (nSPS) is 20.1. The number of nitrogens with zero attached hydrogens (tertiary/aromatic N) is 1. The van der Waals surface area contributed by atoms with Crippen LogP contribution in [0, 0.1) is 0 Å². The Morgan fingerprint density at radius 3 is 2.42 bits per heavy atom. The summed E-state index contributed by atoms with van der Waals surface area (Å²) in [4.78, 5) is 26.3. The molecule has 0 saturated carbocycles. The molecule has 0 bridgehead atoms. The highest BCUT2D eigenvalue weighted by Crippen LogP contribution is 2.29. The number of piperidine rings is 1. The first-order chi connectivity index (χ1) is 14.8. The van der Waals surface area contributed by atoms with Gasteiger partial charge in [-0.25, -0.2) is 10.9 Å². The van der Waals surface area contributed by atoms with Crippen molar-refractivity contribution in [2.24, 2.45) is 0 Å². The monoisotopic (exact) mass is 441 g/mol. The first-order valence-electron chi connectivity index (χ1n) is 10.8. The number of hydrogen-bond acceptors (Lipinski definition) is 5. The molecule has 0 spiro atoms. The highest BCUT2D eigenvalue weighted by molar-refractivity contribution is 5.77. The third-order valence-corrected chi connectivity index (χ3v) is 5.79. The molecule has 0 aromatic heterocycles. The minimum Gasteiger partial charge on any atom is -0.353 e. The highest BCUT2D eigenvalue weighted by Gasteiger charge is 2.30. The summed E-state index contributed by atoms with van der Waals surface area (Å²) < 4.78 is 37.9. The molecule has 2 saturated heterocycles. The zero-order valence-electron chi connectivity index (χ0n) is 17.4. The number of hydrazine groups is 2. The van der Waals surface area contributed by atoms with Crippen molar-refractivity contribution >= 4 is 11.8 Å². The minimum absolute atomic E-state index is 0.00374. The van der Waals surface area contributed by atoms with Crippen molar-refractivity contribution in [3.8, 4) is 0 Å². The van der Waals surface area contributed by atoms with E-state index in [0.29, 0.717) is 37.5 Å². The predicted molar refractivity (Wildman–Crippen MR) is 109 cm³/mol. The summed E-state index contributed by atoms with van der Waals surface area (Å²) in [5.41, 5.74) is 8.93. The Morgan fingerprint density at radius 2 is 1.81 bits per heavy atom. The molecule has 31 heavy (non-hydrogen) atoms. The molecule has 4 N–H and O–H groups in total. The molecule has 172 valence electrons. The first kappa shape index (κ1) is 23.5. The lowest BCUT2D eigenvalue weighted by Gasteiger charge is -2.32. The van der Waals surface area contributed by atoms with Crippen LogP contribution in [0.15, 0.2) is 24.3 Å². The van der Waals surface area contributed by atoms with E-state index in [2.05, 4.69) is 21.7 Å². The van der Waals surface area contributed by atoms with Crippen LogP contribution >= 0.6 is 0 Å². The molecule has 1 aromatic rings. The maximum atomic E-state index is 12.6. The molecule has 1 unspecified atom stereocenters. The van der Waals surface area contributed by atoms with E-state index in [-0.39, 0.29) is 24.3 Å². The smallest absolute Gasteiger partial charge is 0.353 e. The molecule has 0 aliphatic carbocycles. The van der Waals surface area contributed by atoms with E-state index < -0.39 is 11.7 Å². The Labute approximate surface area is 180 Å². The fraction of sp³-hybridized carbons (Fsp3) is 0.619. The van der Waals surface area contributed by atoms with E-state index in [1.165, 1.54) is 12.1 Å². The van der Waals surface area contributed by atoms with Gasteiger partial charge in [-0.15, -0.1) is 0 Å². The van der Waals surface area contributed by atoms with Crippen molar-refractivity contribution in [1.29, 1.82) is 0 Å². The number of carbonyl (C=O) groups is 2. The van der Waals surface area contributed by atoms with Crippen LogP contribution in [0.5, 0.6) is 0 Å². The van der Waals surface area contributed by atoms with E-state index in [1.807, 2.05) is 0 Å². The summed E-state index contributed by atoms with van der Waals surface area (Å²) in [6.07, 6.45) is -0.0183. The third-order valence-electron chi connectivity index (χ3n) is 5.79. The van der Waals surface area contributed by atoms with Gasteiger partial charge in [0.1, 0.15) is 0 Å². The first-order valence-corrected chi connectivity index (χ1v) is 10.8. The van der Waals surface area contributed by atoms with Crippen LogP contribution in [0.25, 0.3) is 0 Å². The number of alkyl halides is 3. The van der Waals surface area contributed by atoms with Crippen LogP contribution in [-0.2, 0) is 22.2 Å². The number of benzene rings is 1. The van der Waals surface area contributed by atoms with Crippen molar-refractivity contribution in [1.82, 2.24) is 26.6 Å². The van der Waals surface area contributed by atoms with Gasteiger partial charge < -0.3 is 10.2 Å². The number of carbonyl (C=O) groups excluding carboxylic acids is 2. The summed E-state index contributed by atoms with van der Waals surface area (Å²) in [6.45, 7) is 2.01. The van der Waals surface area contributed by atoms with E-state index in [0.717, 1.165) is 44.4 Å². The van der Waals surface area contributed by atoms with Gasteiger partial charge in [0.2, 0.25) is 11.8 Å². The zero-order chi connectivity index (χ0) is 22.3. The Morgan fingerprint density at radius 1 is 1.10 bits per heavy atom. The Hall–Kier alpha value is -2.17. The number of nitrogens with one attached hydrogen (secondary N) is 4. The second-order valence-electron chi connectivity index (χ2n) is 8.16. The van der Waals surface area contributed by atoms with E-state index in [1.54, 1.807) is 4.90 Å². The molecule has 3 rings (SSSR count). The van der Waals surface area contributed by atoms with Crippen molar-refractivity contribution < 1.29 is 22.8 Å². The zero-order valence-corrected chi connectivity index (χ0v) is 17.4. The van der Waals surface area contributed by atoms with Crippen molar-refractivity contribution in [2.75, 3.05) is 19.6 Å². The Balaban J connectivity index is 1.31. The van der Waals surface area contributed by atoms with Crippen LogP contribution in [0.2, 0.25) is 0 Å². The average molecular weight is 441 g/mol. The number of hydrogen-bond donors (Lipinski definition) is 4. The summed E-state index contributed by atoms with van der Waals surface area (Å²) in [5.74, 6) is 0.0435. The minimum atomic E-state index is -4.35. The molecule has 2 aliphatic heterocycles. The number of aryl methyl sites for hydroxylation is 1. The summed E-state index contributed by atoms with van der Waals surface area (Å²) in [6, 6.07) is 5.36. The third kappa shape index (κ3) is 7.48. The lowest BCUT2D eigenvalue weighted by Crippen LogP contribution is -2.46. The van der Waals surface area contributed by atoms with Crippen molar-refractivity contribution in [3.63, 3.8) is 0 Å². The lowest BCUT2D eigenvalue weighted by atomic mass is 10.0. The molecular weight excluding hydrogens is 411 g/mol. The summed E-state index contributed by atoms with van der Waals surface area (Å²) in [5, 5.41) is 3.06. The predicted octanol–water partition coefficient (Wildman–Crippen LogP) is 1.90. The summed E-state index contributed by atoms with van der Waals surface area (Å²) >= 11 is 0. The quantitative estimate of drug-likeness (QED) is 0.495. The van der Waals surface area contributed by atoms with Crippen LogP contribution in [-0.4, -0.2) is 48.4 Å². The van der Waals surface area contributed by atoms with Gasteiger partial charge in [0.05, 0.1) is 5.56 Å². The van der Waals surface area contributed by atoms with Gasteiger partial charge >= 0.3 is 6.18 Å². The van der Waals surface area contributed by atoms with Gasteiger partial charge in [-0.3, -0.25) is 9.59 Å².